The van der Waals surface area contributed by atoms with Gasteiger partial charge >= 0.3 is 0 Å². The standard InChI is InChI=1S/C17H25FN6/c1-3-16-23-22-13-24(16)11-10-21-17(19-4-2)20-9-8-14-6-5-7-15(18)12-14/h5-7,12-13H,3-4,8-11H2,1-2H3,(H2,19,20,21). The first kappa shape index (κ1) is 17.9. The Morgan fingerprint density at radius 2 is 2.17 bits per heavy atom. The molecule has 0 atom stereocenters. The first-order chi connectivity index (χ1) is 11.7. The Balaban J connectivity index is 1.82. The number of guanidine groups is 1. The molecule has 0 aliphatic carbocycles. The molecule has 7 heteroatoms. The van der Waals surface area contributed by atoms with Gasteiger partial charge in [-0.25, -0.2) is 4.39 Å². The van der Waals surface area contributed by atoms with E-state index in [1.54, 1.807) is 18.5 Å². The van der Waals surface area contributed by atoms with Crippen molar-refractivity contribution in [3.63, 3.8) is 0 Å². The third-order valence-corrected chi connectivity index (χ3v) is 3.56. The molecule has 2 N–H and O–H groups in total. The lowest BCUT2D eigenvalue weighted by molar-refractivity contribution is 0.625. The molecule has 1 heterocycles. The Kier molecular flexibility index (Phi) is 7.20. The van der Waals surface area contributed by atoms with Crippen LogP contribution < -0.4 is 10.6 Å². The molecule has 2 aromatic rings. The summed E-state index contributed by atoms with van der Waals surface area (Å²) in [4.78, 5) is 4.53. The lowest BCUT2D eigenvalue weighted by atomic mass is 10.1. The van der Waals surface area contributed by atoms with Crippen LogP contribution >= 0.6 is 0 Å². The zero-order chi connectivity index (χ0) is 17.2. The van der Waals surface area contributed by atoms with Gasteiger partial charge < -0.3 is 15.2 Å². The normalized spacial score (nSPS) is 11.5. The Labute approximate surface area is 142 Å². The second kappa shape index (κ2) is 9.64. The van der Waals surface area contributed by atoms with Crippen molar-refractivity contribution in [3.05, 3.63) is 47.8 Å². The van der Waals surface area contributed by atoms with Crippen LogP contribution in [0.5, 0.6) is 0 Å². The monoisotopic (exact) mass is 332 g/mol. The number of rotatable bonds is 8. The summed E-state index contributed by atoms with van der Waals surface area (Å²) in [7, 11) is 0. The van der Waals surface area contributed by atoms with Crippen molar-refractivity contribution >= 4 is 5.96 Å². The summed E-state index contributed by atoms with van der Waals surface area (Å²) in [5.41, 5.74) is 0.951. The Bertz CT molecular complexity index is 652. The van der Waals surface area contributed by atoms with Gasteiger partial charge in [0.2, 0.25) is 0 Å². The quantitative estimate of drug-likeness (QED) is 0.571. The van der Waals surface area contributed by atoms with Crippen molar-refractivity contribution in [2.75, 3.05) is 19.6 Å². The van der Waals surface area contributed by atoms with E-state index in [-0.39, 0.29) is 5.82 Å². The molecule has 0 bridgehead atoms. The van der Waals surface area contributed by atoms with Crippen LogP contribution in [0.3, 0.4) is 0 Å². The van der Waals surface area contributed by atoms with Crippen LogP contribution in [0.4, 0.5) is 4.39 Å². The molecule has 24 heavy (non-hydrogen) atoms. The van der Waals surface area contributed by atoms with Crippen molar-refractivity contribution < 1.29 is 4.39 Å². The fourth-order valence-electron chi connectivity index (χ4n) is 2.37. The van der Waals surface area contributed by atoms with Crippen LogP contribution in [0.25, 0.3) is 0 Å². The number of nitrogens with zero attached hydrogens (tertiary/aromatic N) is 4. The number of nitrogens with one attached hydrogen (secondary N) is 2. The van der Waals surface area contributed by atoms with E-state index in [2.05, 4.69) is 32.7 Å². The topological polar surface area (TPSA) is 67.1 Å². The van der Waals surface area contributed by atoms with Gasteiger partial charge in [0.15, 0.2) is 5.96 Å². The highest BCUT2D eigenvalue weighted by Gasteiger charge is 2.02. The smallest absolute Gasteiger partial charge is 0.191 e. The van der Waals surface area contributed by atoms with Gasteiger partial charge in [-0.1, -0.05) is 19.1 Å². The van der Waals surface area contributed by atoms with Gasteiger partial charge in [0.25, 0.3) is 0 Å². The fourth-order valence-corrected chi connectivity index (χ4v) is 2.37. The number of halogens is 1. The molecule has 6 nitrogen and oxygen atoms in total. The number of hydrogen-bond acceptors (Lipinski definition) is 3. The molecule has 0 aliphatic heterocycles. The van der Waals surface area contributed by atoms with E-state index in [0.29, 0.717) is 13.0 Å². The lowest BCUT2D eigenvalue weighted by Crippen LogP contribution is -2.39. The van der Waals surface area contributed by atoms with E-state index >= 15 is 0 Å². The van der Waals surface area contributed by atoms with E-state index in [4.69, 9.17) is 0 Å². The molecule has 0 saturated heterocycles. The third kappa shape index (κ3) is 5.64. The van der Waals surface area contributed by atoms with Crippen LogP contribution in [-0.2, 0) is 19.4 Å². The highest BCUT2D eigenvalue weighted by Crippen LogP contribution is 2.04. The first-order valence-corrected chi connectivity index (χ1v) is 8.36. The molecule has 0 fully saturated rings. The maximum Gasteiger partial charge on any atom is 0.191 e. The summed E-state index contributed by atoms with van der Waals surface area (Å²) in [6, 6.07) is 6.64. The minimum absolute atomic E-state index is 0.206. The zero-order valence-electron chi connectivity index (χ0n) is 14.3. The van der Waals surface area contributed by atoms with Crippen molar-refractivity contribution in [1.82, 2.24) is 25.4 Å². The number of benzene rings is 1. The van der Waals surface area contributed by atoms with Gasteiger partial charge in [0.1, 0.15) is 18.0 Å². The van der Waals surface area contributed by atoms with Crippen molar-refractivity contribution in [2.24, 2.45) is 4.99 Å². The first-order valence-electron chi connectivity index (χ1n) is 8.36. The summed E-state index contributed by atoms with van der Waals surface area (Å²) in [6.45, 7) is 7.00. The SMILES string of the molecule is CCNC(=NCCc1cccc(F)c1)NCCn1cnnc1CC. The van der Waals surface area contributed by atoms with Crippen LogP contribution in [0, 0.1) is 5.82 Å². The predicted molar refractivity (Wildman–Crippen MR) is 93.5 cm³/mol. The van der Waals surface area contributed by atoms with Gasteiger partial charge in [-0.05, 0) is 31.0 Å². The average molecular weight is 332 g/mol. The molecule has 0 amide bonds. The summed E-state index contributed by atoms with van der Waals surface area (Å²) in [5.74, 6) is 1.53. The zero-order valence-corrected chi connectivity index (χ0v) is 14.3. The summed E-state index contributed by atoms with van der Waals surface area (Å²) in [6.07, 6.45) is 3.32. The van der Waals surface area contributed by atoms with E-state index in [0.717, 1.165) is 43.4 Å². The molecule has 0 saturated carbocycles. The number of aliphatic imine (C=N–C) groups is 1. The van der Waals surface area contributed by atoms with E-state index in [1.165, 1.54) is 6.07 Å². The van der Waals surface area contributed by atoms with Gasteiger partial charge in [-0.15, -0.1) is 10.2 Å². The summed E-state index contributed by atoms with van der Waals surface area (Å²) >= 11 is 0. The Morgan fingerprint density at radius 1 is 1.29 bits per heavy atom. The van der Waals surface area contributed by atoms with Crippen molar-refractivity contribution in [1.29, 1.82) is 0 Å². The summed E-state index contributed by atoms with van der Waals surface area (Å²) in [5, 5.41) is 14.5. The minimum atomic E-state index is -0.206. The average Bonchev–Trinajstić information content (AvgIpc) is 3.02. The molecule has 0 aliphatic rings. The van der Waals surface area contributed by atoms with E-state index in [1.807, 2.05) is 17.6 Å². The summed E-state index contributed by atoms with van der Waals surface area (Å²) < 4.78 is 15.2. The van der Waals surface area contributed by atoms with E-state index in [9.17, 15) is 4.39 Å². The Hall–Kier alpha value is -2.44. The number of aromatic nitrogens is 3. The fraction of sp³-hybridized carbons (Fsp3) is 0.471. The highest BCUT2D eigenvalue weighted by atomic mass is 19.1. The van der Waals surface area contributed by atoms with Crippen molar-refractivity contribution in [3.8, 4) is 0 Å². The van der Waals surface area contributed by atoms with Crippen LogP contribution in [0.2, 0.25) is 0 Å². The van der Waals surface area contributed by atoms with Gasteiger partial charge in [-0.3, -0.25) is 4.99 Å². The predicted octanol–water partition coefficient (Wildman–Crippen LogP) is 1.78. The molecule has 0 radical (unpaired) electrons. The van der Waals surface area contributed by atoms with Crippen LogP contribution in [0.15, 0.2) is 35.6 Å². The number of hydrogen-bond donors (Lipinski definition) is 2. The van der Waals surface area contributed by atoms with Gasteiger partial charge in [0, 0.05) is 32.6 Å². The molecular weight excluding hydrogens is 307 g/mol. The van der Waals surface area contributed by atoms with Gasteiger partial charge in [0.05, 0.1) is 0 Å². The molecule has 0 unspecified atom stereocenters. The highest BCUT2D eigenvalue weighted by molar-refractivity contribution is 5.79. The molecule has 130 valence electrons. The van der Waals surface area contributed by atoms with Crippen LogP contribution in [-0.4, -0.2) is 40.4 Å². The van der Waals surface area contributed by atoms with Gasteiger partial charge in [-0.2, -0.15) is 0 Å². The van der Waals surface area contributed by atoms with Crippen molar-refractivity contribution in [2.45, 2.75) is 33.2 Å². The largest absolute Gasteiger partial charge is 0.357 e. The third-order valence-electron chi connectivity index (χ3n) is 3.56. The second-order valence-electron chi connectivity index (χ2n) is 5.36. The maximum absolute atomic E-state index is 13.2. The minimum Gasteiger partial charge on any atom is -0.357 e. The lowest BCUT2D eigenvalue weighted by Gasteiger charge is -2.12. The molecule has 1 aromatic carbocycles. The number of aryl methyl sites for hydroxylation is 1. The molecule has 1 aromatic heterocycles. The molecular formula is C17H25FN6. The van der Waals surface area contributed by atoms with Crippen LogP contribution in [0.1, 0.15) is 25.2 Å². The van der Waals surface area contributed by atoms with E-state index < -0.39 is 0 Å². The molecule has 0 spiro atoms. The molecule has 2 rings (SSSR count). The maximum atomic E-state index is 13.2. The second-order valence-corrected chi connectivity index (χ2v) is 5.36. The Morgan fingerprint density at radius 3 is 2.92 bits per heavy atom.